The lowest BCUT2D eigenvalue weighted by Crippen LogP contribution is -2.11. The number of rotatable bonds is 4. The Bertz CT molecular complexity index is 658. The van der Waals surface area contributed by atoms with Crippen LogP contribution in [0.4, 0.5) is 5.69 Å². The normalized spacial score (nSPS) is 10.0. The van der Waals surface area contributed by atoms with E-state index >= 15 is 0 Å². The Morgan fingerprint density at radius 3 is 2.24 bits per heavy atom. The first-order chi connectivity index (χ1) is 9.94. The predicted octanol–water partition coefficient (Wildman–Crippen LogP) is 3.40. The highest BCUT2D eigenvalue weighted by Gasteiger charge is 2.05. The smallest absolute Gasteiger partial charge is 0.322 e. The van der Waals surface area contributed by atoms with Crippen molar-refractivity contribution in [2.45, 2.75) is 20.8 Å². The molecule has 5 heteroatoms. The number of benzene rings is 1. The summed E-state index contributed by atoms with van der Waals surface area (Å²) in [5.41, 5.74) is 2.83. The van der Waals surface area contributed by atoms with E-state index in [1.54, 1.807) is 31.2 Å². The molecule has 0 aliphatic carbocycles. The van der Waals surface area contributed by atoms with Crippen molar-refractivity contribution in [1.82, 2.24) is 9.97 Å². The van der Waals surface area contributed by atoms with Crippen LogP contribution in [-0.2, 0) is 4.79 Å². The van der Waals surface area contributed by atoms with Crippen LogP contribution in [0.2, 0.25) is 0 Å². The van der Waals surface area contributed by atoms with Crippen molar-refractivity contribution in [1.29, 1.82) is 0 Å². The molecule has 0 unspecified atom stereocenters. The second-order valence-corrected chi connectivity index (χ2v) is 4.79. The van der Waals surface area contributed by atoms with Gasteiger partial charge in [0.15, 0.2) is 0 Å². The number of amides is 1. The zero-order chi connectivity index (χ0) is 15.4. The molecular weight excluding hydrogens is 266 g/mol. The molecule has 1 aromatic heterocycles. The minimum absolute atomic E-state index is 0.207. The molecule has 1 aromatic carbocycles. The number of nitrogens with one attached hydrogen (secondary N) is 1. The standard InChI is InChI=1S/C16H17N3O2/c1-10(2)15(20)19-13-5-7-14(8-6-13)21-16-17-11(3)9-12(4)18-16/h5-9H,1H2,2-4H3,(H,19,20). The van der Waals surface area contributed by atoms with Gasteiger partial charge in [-0.2, -0.15) is 0 Å². The van der Waals surface area contributed by atoms with Crippen molar-refractivity contribution < 1.29 is 9.53 Å². The third-order valence-electron chi connectivity index (χ3n) is 2.67. The van der Waals surface area contributed by atoms with Gasteiger partial charge in [0.05, 0.1) is 0 Å². The minimum Gasteiger partial charge on any atom is -0.424 e. The van der Waals surface area contributed by atoms with Crippen molar-refractivity contribution in [2.24, 2.45) is 0 Å². The summed E-state index contributed by atoms with van der Waals surface area (Å²) in [4.78, 5) is 19.9. The Morgan fingerprint density at radius 2 is 1.71 bits per heavy atom. The van der Waals surface area contributed by atoms with E-state index in [-0.39, 0.29) is 5.91 Å². The van der Waals surface area contributed by atoms with Crippen LogP contribution in [0.3, 0.4) is 0 Å². The molecule has 0 aliphatic heterocycles. The van der Waals surface area contributed by atoms with E-state index in [1.165, 1.54) is 0 Å². The molecule has 5 nitrogen and oxygen atoms in total. The molecule has 1 amide bonds. The van der Waals surface area contributed by atoms with Gasteiger partial charge in [-0.15, -0.1) is 0 Å². The summed E-state index contributed by atoms with van der Waals surface area (Å²) in [5, 5.41) is 2.73. The van der Waals surface area contributed by atoms with Gasteiger partial charge in [-0.1, -0.05) is 6.58 Å². The van der Waals surface area contributed by atoms with Crippen LogP contribution in [-0.4, -0.2) is 15.9 Å². The third-order valence-corrected chi connectivity index (χ3v) is 2.67. The lowest BCUT2D eigenvalue weighted by molar-refractivity contribution is -0.112. The Balaban J connectivity index is 2.08. The molecule has 108 valence electrons. The van der Waals surface area contributed by atoms with Gasteiger partial charge in [0, 0.05) is 22.6 Å². The van der Waals surface area contributed by atoms with Crippen molar-refractivity contribution in [2.75, 3.05) is 5.32 Å². The molecule has 0 saturated heterocycles. The monoisotopic (exact) mass is 283 g/mol. The molecule has 0 saturated carbocycles. The second-order valence-electron chi connectivity index (χ2n) is 4.79. The average Bonchev–Trinajstić information content (AvgIpc) is 2.39. The van der Waals surface area contributed by atoms with Crippen molar-refractivity contribution >= 4 is 11.6 Å². The fourth-order valence-corrected chi connectivity index (χ4v) is 1.69. The predicted molar refractivity (Wildman–Crippen MR) is 81.5 cm³/mol. The first-order valence-electron chi connectivity index (χ1n) is 6.51. The van der Waals surface area contributed by atoms with Crippen LogP contribution in [0, 0.1) is 13.8 Å². The van der Waals surface area contributed by atoms with Crippen LogP contribution in [0.1, 0.15) is 18.3 Å². The molecule has 0 aliphatic rings. The second kappa shape index (κ2) is 6.17. The molecule has 21 heavy (non-hydrogen) atoms. The lowest BCUT2D eigenvalue weighted by atomic mass is 10.2. The highest BCUT2D eigenvalue weighted by atomic mass is 16.5. The number of aromatic nitrogens is 2. The van der Waals surface area contributed by atoms with Gasteiger partial charge in [-0.05, 0) is 51.1 Å². The molecule has 0 spiro atoms. The maximum absolute atomic E-state index is 11.5. The summed E-state index contributed by atoms with van der Waals surface area (Å²) in [5.74, 6) is 0.398. The maximum atomic E-state index is 11.5. The SMILES string of the molecule is C=C(C)C(=O)Nc1ccc(Oc2nc(C)cc(C)n2)cc1. The number of aryl methyl sites for hydroxylation is 2. The molecule has 0 bridgehead atoms. The Hall–Kier alpha value is -2.69. The van der Waals surface area contributed by atoms with Gasteiger partial charge in [0.2, 0.25) is 0 Å². The van der Waals surface area contributed by atoms with E-state index in [2.05, 4.69) is 21.9 Å². The van der Waals surface area contributed by atoms with Gasteiger partial charge in [0.25, 0.3) is 5.91 Å². The zero-order valence-corrected chi connectivity index (χ0v) is 12.3. The molecule has 2 rings (SSSR count). The Kier molecular flexibility index (Phi) is 4.33. The number of carbonyl (C=O) groups excluding carboxylic acids is 1. The molecule has 2 aromatic rings. The van der Waals surface area contributed by atoms with Gasteiger partial charge < -0.3 is 10.1 Å². The maximum Gasteiger partial charge on any atom is 0.322 e. The number of hydrogen-bond donors (Lipinski definition) is 1. The summed E-state index contributed by atoms with van der Waals surface area (Å²) >= 11 is 0. The Labute approximate surface area is 123 Å². The van der Waals surface area contributed by atoms with Crippen LogP contribution >= 0.6 is 0 Å². The first-order valence-corrected chi connectivity index (χ1v) is 6.51. The highest BCUT2D eigenvalue weighted by Crippen LogP contribution is 2.21. The number of hydrogen-bond acceptors (Lipinski definition) is 4. The third kappa shape index (κ3) is 4.14. The number of nitrogens with zero attached hydrogens (tertiary/aromatic N) is 2. The molecule has 0 atom stereocenters. The number of anilines is 1. The van der Waals surface area contributed by atoms with Crippen LogP contribution in [0.25, 0.3) is 0 Å². The topological polar surface area (TPSA) is 64.1 Å². The van der Waals surface area contributed by atoms with E-state index in [1.807, 2.05) is 19.9 Å². The zero-order valence-electron chi connectivity index (χ0n) is 12.3. The fraction of sp³-hybridized carbons (Fsp3) is 0.188. The molecule has 1 heterocycles. The van der Waals surface area contributed by atoms with Gasteiger partial charge in [0.1, 0.15) is 5.75 Å². The highest BCUT2D eigenvalue weighted by molar-refractivity contribution is 6.02. The molecule has 0 fully saturated rings. The van der Waals surface area contributed by atoms with Gasteiger partial charge >= 0.3 is 6.01 Å². The summed E-state index contributed by atoms with van der Waals surface area (Å²) in [6.07, 6.45) is 0. The lowest BCUT2D eigenvalue weighted by Gasteiger charge is -2.07. The first kappa shape index (κ1) is 14.7. The van der Waals surface area contributed by atoms with Crippen LogP contribution < -0.4 is 10.1 Å². The Morgan fingerprint density at radius 1 is 1.14 bits per heavy atom. The van der Waals surface area contributed by atoms with E-state index in [4.69, 9.17) is 4.74 Å². The summed E-state index contributed by atoms with van der Waals surface area (Å²) in [6.45, 7) is 9.02. The van der Waals surface area contributed by atoms with Crippen molar-refractivity contribution in [3.63, 3.8) is 0 Å². The van der Waals surface area contributed by atoms with Crippen LogP contribution in [0.5, 0.6) is 11.8 Å². The van der Waals surface area contributed by atoms with Gasteiger partial charge in [-0.25, -0.2) is 9.97 Å². The summed E-state index contributed by atoms with van der Waals surface area (Å²) in [7, 11) is 0. The quantitative estimate of drug-likeness (QED) is 0.873. The van der Waals surface area contributed by atoms with E-state index in [0.29, 0.717) is 23.0 Å². The van der Waals surface area contributed by atoms with E-state index in [9.17, 15) is 4.79 Å². The summed E-state index contributed by atoms with van der Waals surface area (Å²) in [6, 6.07) is 9.18. The molecule has 1 N–H and O–H groups in total. The fourth-order valence-electron chi connectivity index (χ4n) is 1.69. The van der Waals surface area contributed by atoms with Crippen molar-refractivity contribution in [3.05, 3.63) is 53.9 Å². The molecule has 0 radical (unpaired) electrons. The van der Waals surface area contributed by atoms with Crippen molar-refractivity contribution in [3.8, 4) is 11.8 Å². The van der Waals surface area contributed by atoms with E-state index < -0.39 is 0 Å². The van der Waals surface area contributed by atoms with Crippen LogP contribution in [0.15, 0.2) is 42.5 Å². The van der Waals surface area contributed by atoms with E-state index in [0.717, 1.165) is 11.4 Å². The minimum atomic E-state index is -0.207. The largest absolute Gasteiger partial charge is 0.424 e. The van der Waals surface area contributed by atoms with Gasteiger partial charge in [-0.3, -0.25) is 4.79 Å². The number of ether oxygens (including phenoxy) is 1. The number of carbonyl (C=O) groups is 1. The molecular formula is C16H17N3O2. The summed E-state index contributed by atoms with van der Waals surface area (Å²) < 4.78 is 5.59. The average molecular weight is 283 g/mol.